The van der Waals surface area contributed by atoms with E-state index in [0.717, 1.165) is 31.2 Å². The minimum Gasteiger partial charge on any atom is -0.398 e. The fraction of sp³-hybridized carbons (Fsp3) is 0.154. The maximum atomic E-state index is 11.5. The molecular weight excluding hydrogens is 358 g/mol. The number of amides is 1. The van der Waals surface area contributed by atoms with E-state index in [2.05, 4.69) is 21.4 Å². The van der Waals surface area contributed by atoms with Crippen LogP contribution in [0.5, 0.6) is 0 Å². The minimum atomic E-state index is -0.252. The molecule has 0 saturated heterocycles. The summed E-state index contributed by atoms with van der Waals surface area (Å²) in [7, 11) is 0. The molecule has 106 valence electrons. The number of thiophene rings is 1. The molecule has 1 amide bonds. The molecule has 5 N–H and O–H groups in total. The molecule has 1 heterocycles. The maximum Gasteiger partial charge on any atom is 0.275 e. The van der Waals surface area contributed by atoms with E-state index in [-0.39, 0.29) is 5.91 Å². The first-order valence-corrected chi connectivity index (χ1v) is 8.39. The van der Waals surface area contributed by atoms with Gasteiger partial charge < -0.3 is 5.73 Å². The second-order valence-electron chi connectivity index (χ2n) is 4.14. The van der Waals surface area contributed by atoms with Gasteiger partial charge in [0.2, 0.25) is 0 Å². The fourth-order valence-corrected chi connectivity index (χ4v) is 4.07. The van der Waals surface area contributed by atoms with Crippen LogP contribution in [0.25, 0.3) is 0 Å². The average Bonchev–Trinajstić information content (AvgIpc) is 2.78. The lowest BCUT2D eigenvalue weighted by Gasteiger charge is -2.05. The van der Waals surface area contributed by atoms with Crippen molar-refractivity contribution in [2.75, 3.05) is 5.73 Å². The molecule has 1 aromatic carbocycles. The standard InChI is InChI=1S/C13H14BrN3OS2/c1-7-8(4-12(20-7)13(18)17-16)6-19-11-3-2-9(14)5-10(11)15/h2-5H,6,15-16H2,1H3,(H,17,18). The lowest BCUT2D eigenvalue weighted by atomic mass is 10.3. The summed E-state index contributed by atoms with van der Waals surface area (Å²) in [5.41, 5.74) is 9.99. The highest BCUT2D eigenvalue weighted by Gasteiger charge is 2.12. The zero-order chi connectivity index (χ0) is 14.7. The van der Waals surface area contributed by atoms with Crippen molar-refractivity contribution >= 4 is 50.6 Å². The molecule has 0 radical (unpaired) electrons. The molecule has 4 nitrogen and oxygen atoms in total. The molecule has 0 fully saturated rings. The summed E-state index contributed by atoms with van der Waals surface area (Å²) in [4.78, 5) is 14.3. The molecule has 7 heteroatoms. The molecule has 2 aromatic rings. The van der Waals surface area contributed by atoms with E-state index in [0.29, 0.717) is 4.88 Å². The van der Waals surface area contributed by atoms with Crippen LogP contribution >= 0.6 is 39.0 Å². The van der Waals surface area contributed by atoms with Crippen molar-refractivity contribution in [1.29, 1.82) is 0 Å². The first kappa shape index (κ1) is 15.4. The summed E-state index contributed by atoms with van der Waals surface area (Å²) in [5, 5.41) is 0. The van der Waals surface area contributed by atoms with E-state index in [1.54, 1.807) is 11.8 Å². The Morgan fingerprint density at radius 2 is 2.20 bits per heavy atom. The molecule has 0 atom stereocenters. The highest BCUT2D eigenvalue weighted by Crippen LogP contribution is 2.33. The topological polar surface area (TPSA) is 81.1 Å². The molecule has 0 aliphatic carbocycles. The van der Waals surface area contributed by atoms with Gasteiger partial charge in [0, 0.05) is 25.7 Å². The molecule has 0 saturated carbocycles. The number of nitrogens with one attached hydrogen (secondary N) is 1. The van der Waals surface area contributed by atoms with Gasteiger partial charge in [-0.15, -0.1) is 23.1 Å². The fourth-order valence-electron chi connectivity index (χ4n) is 1.65. The maximum absolute atomic E-state index is 11.5. The van der Waals surface area contributed by atoms with E-state index >= 15 is 0 Å². The Hall–Kier alpha value is -1.02. The van der Waals surface area contributed by atoms with Gasteiger partial charge in [-0.1, -0.05) is 15.9 Å². The number of halogens is 1. The van der Waals surface area contributed by atoms with Gasteiger partial charge in [0.1, 0.15) is 0 Å². The van der Waals surface area contributed by atoms with E-state index in [1.165, 1.54) is 11.3 Å². The van der Waals surface area contributed by atoms with Gasteiger partial charge in [0.25, 0.3) is 5.91 Å². The van der Waals surface area contributed by atoms with Crippen LogP contribution in [0.2, 0.25) is 0 Å². The Bertz CT molecular complexity index is 643. The van der Waals surface area contributed by atoms with Crippen molar-refractivity contribution in [3.63, 3.8) is 0 Å². The average molecular weight is 372 g/mol. The van der Waals surface area contributed by atoms with Gasteiger partial charge >= 0.3 is 0 Å². The van der Waals surface area contributed by atoms with Crippen molar-refractivity contribution in [2.24, 2.45) is 5.84 Å². The van der Waals surface area contributed by atoms with Crippen LogP contribution in [0.4, 0.5) is 5.69 Å². The summed E-state index contributed by atoms with van der Waals surface area (Å²) < 4.78 is 0.966. The van der Waals surface area contributed by atoms with Gasteiger partial charge in [-0.3, -0.25) is 10.2 Å². The van der Waals surface area contributed by atoms with Crippen LogP contribution in [0, 0.1) is 6.92 Å². The Kier molecular flexibility index (Phi) is 5.09. The summed E-state index contributed by atoms with van der Waals surface area (Å²) in [6.45, 7) is 2.00. The Labute approximate surface area is 134 Å². The SMILES string of the molecule is Cc1sc(C(=O)NN)cc1CSc1ccc(Br)cc1N. The van der Waals surface area contributed by atoms with Crippen LogP contribution in [-0.4, -0.2) is 5.91 Å². The van der Waals surface area contributed by atoms with Crippen molar-refractivity contribution in [3.05, 3.63) is 44.1 Å². The molecule has 20 heavy (non-hydrogen) atoms. The van der Waals surface area contributed by atoms with Gasteiger partial charge in [0.05, 0.1) is 4.88 Å². The number of hydrazine groups is 1. The third-order valence-corrected chi connectivity index (χ3v) is 5.45. The molecule has 0 aliphatic heterocycles. The van der Waals surface area contributed by atoms with E-state index in [1.807, 2.05) is 31.2 Å². The molecule has 0 spiro atoms. The first-order chi connectivity index (χ1) is 9.51. The van der Waals surface area contributed by atoms with Crippen molar-refractivity contribution in [2.45, 2.75) is 17.6 Å². The third-order valence-electron chi connectivity index (χ3n) is 2.73. The Balaban J connectivity index is 2.11. The number of anilines is 1. The van der Waals surface area contributed by atoms with Crippen molar-refractivity contribution in [1.82, 2.24) is 5.43 Å². The van der Waals surface area contributed by atoms with E-state index < -0.39 is 0 Å². The van der Waals surface area contributed by atoms with Crippen molar-refractivity contribution in [3.8, 4) is 0 Å². The first-order valence-electron chi connectivity index (χ1n) is 5.79. The predicted octanol–water partition coefficient (Wildman–Crippen LogP) is 3.30. The van der Waals surface area contributed by atoms with Gasteiger partial charge in [-0.05, 0) is 36.8 Å². The highest BCUT2D eigenvalue weighted by molar-refractivity contribution is 9.10. The Morgan fingerprint density at radius 3 is 2.85 bits per heavy atom. The number of nitrogens with two attached hydrogens (primary N) is 2. The van der Waals surface area contributed by atoms with E-state index in [4.69, 9.17) is 11.6 Å². The van der Waals surface area contributed by atoms with Crippen molar-refractivity contribution < 1.29 is 4.79 Å². The number of carbonyl (C=O) groups is 1. The van der Waals surface area contributed by atoms with Crippen LogP contribution < -0.4 is 17.0 Å². The number of rotatable bonds is 4. The number of nitrogen functional groups attached to an aromatic ring is 2. The zero-order valence-corrected chi connectivity index (χ0v) is 14.0. The minimum absolute atomic E-state index is 0.252. The van der Waals surface area contributed by atoms with Crippen LogP contribution in [-0.2, 0) is 5.75 Å². The summed E-state index contributed by atoms with van der Waals surface area (Å²) >= 11 is 6.49. The molecule has 0 unspecified atom stereocenters. The largest absolute Gasteiger partial charge is 0.398 e. The molecule has 1 aromatic heterocycles. The summed E-state index contributed by atoms with van der Waals surface area (Å²) in [6, 6.07) is 7.71. The number of carbonyl (C=O) groups excluding carboxylic acids is 1. The van der Waals surface area contributed by atoms with E-state index in [9.17, 15) is 4.79 Å². The highest BCUT2D eigenvalue weighted by atomic mass is 79.9. The number of hydrogen-bond donors (Lipinski definition) is 3. The zero-order valence-electron chi connectivity index (χ0n) is 10.8. The number of benzene rings is 1. The smallest absolute Gasteiger partial charge is 0.275 e. The predicted molar refractivity (Wildman–Crippen MR) is 88.8 cm³/mol. The molecule has 0 aliphatic rings. The second kappa shape index (κ2) is 6.62. The van der Waals surface area contributed by atoms with Gasteiger partial charge in [-0.2, -0.15) is 0 Å². The lowest BCUT2D eigenvalue weighted by molar-refractivity contribution is 0.0957. The number of aryl methyl sites for hydroxylation is 1. The quantitative estimate of drug-likeness (QED) is 0.253. The lowest BCUT2D eigenvalue weighted by Crippen LogP contribution is -2.29. The second-order valence-corrected chi connectivity index (χ2v) is 7.33. The van der Waals surface area contributed by atoms with Crippen LogP contribution in [0.1, 0.15) is 20.1 Å². The Morgan fingerprint density at radius 1 is 1.45 bits per heavy atom. The number of hydrogen-bond acceptors (Lipinski definition) is 5. The molecule has 0 bridgehead atoms. The number of thioether (sulfide) groups is 1. The van der Waals surface area contributed by atoms with Crippen LogP contribution in [0.3, 0.4) is 0 Å². The third kappa shape index (κ3) is 3.54. The van der Waals surface area contributed by atoms with Gasteiger partial charge in [0.15, 0.2) is 0 Å². The summed E-state index contributed by atoms with van der Waals surface area (Å²) in [6.07, 6.45) is 0. The molecule has 2 rings (SSSR count). The monoisotopic (exact) mass is 371 g/mol. The van der Waals surface area contributed by atoms with Gasteiger partial charge in [-0.25, -0.2) is 5.84 Å². The van der Waals surface area contributed by atoms with Crippen LogP contribution in [0.15, 0.2) is 33.6 Å². The normalized spacial score (nSPS) is 10.6. The molecular formula is C13H14BrN3OS2. The summed E-state index contributed by atoms with van der Waals surface area (Å²) in [5.74, 6) is 5.66.